The first kappa shape index (κ1) is 29.4. The Bertz CT molecular complexity index is 1380. The van der Waals surface area contributed by atoms with Gasteiger partial charge >= 0.3 is 5.97 Å². The van der Waals surface area contributed by atoms with Crippen molar-refractivity contribution >= 4 is 58.8 Å². The van der Waals surface area contributed by atoms with E-state index in [4.69, 9.17) is 21.1 Å². The van der Waals surface area contributed by atoms with E-state index in [1.165, 1.54) is 30.6 Å². The van der Waals surface area contributed by atoms with Gasteiger partial charge in [-0.1, -0.05) is 29.8 Å². The number of aryl methyl sites for hydroxylation is 1. The van der Waals surface area contributed by atoms with Gasteiger partial charge < -0.3 is 20.1 Å². The monoisotopic (exact) mass is 578 g/mol. The number of carbonyl (C=O) groups is 3. The summed E-state index contributed by atoms with van der Waals surface area (Å²) in [5.74, 6) is -1.09. The Labute approximate surface area is 235 Å². The highest BCUT2D eigenvalue weighted by molar-refractivity contribution is 7.07. The zero-order valence-electron chi connectivity index (χ0n) is 20.9. The number of halogens is 2. The number of thiazole rings is 1. The number of amides is 2. The molecule has 0 spiro atoms. The van der Waals surface area contributed by atoms with Gasteiger partial charge in [-0.05, 0) is 50.6 Å². The van der Waals surface area contributed by atoms with Crippen LogP contribution < -0.4 is 20.2 Å². The Hall–Kier alpha value is -3.18. The molecule has 1 aromatic heterocycles. The maximum absolute atomic E-state index is 13.1. The third kappa shape index (κ3) is 7.02. The predicted molar refractivity (Wildman–Crippen MR) is 148 cm³/mol. The Morgan fingerprint density at radius 1 is 1.18 bits per heavy atom. The highest BCUT2D eigenvalue weighted by Crippen LogP contribution is 2.32. The molecule has 0 saturated carbocycles. The molecule has 1 aliphatic rings. The quantitative estimate of drug-likeness (QED) is 0.401. The molecule has 202 valence electrons. The van der Waals surface area contributed by atoms with Crippen LogP contribution in [0, 0.1) is 12.8 Å². The normalized spacial score (nSPS) is 13.9. The minimum Gasteiger partial charge on any atom is -0.496 e. The summed E-state index contributed by atoms with van der Waals surface area (Å²) >= 11 is 7.65. The van der Waals surface area contributed by atoms with Gasteiger partial charge in [0, 0.05) is 23.2 Å². The lowest BCUT2D eigenvalue weighted by Gasteiger charge is -2.20. The fraction of sp³-hybridized carbons (Fsp3) is 0.308. The molecular weight excluding hydrogens is 551 g/mol. The third-order valence-electron chi connectivity index (χ3n) is 6.03. The average molecular weight is 580 g/mol. The van der Waals surface area contributed by atoms with Crippen LogP contribution in [0.4, 0.5) is 5.69 Å². The summed E-state index contributed by atoms with van der Waals surface area (Å²) in [6.07, 6.45) is 3.18. The van der Waals surface area contributed by atoms with Gasteiger partial charge in [0.15, 0.2) is 11.5 Å². The molecule has 2 N–H and O–H groups in total. The number of hydrogen-bond donors (Lipinski definition) is 2. The van der Waals surface area contributed by atoms with Gasteiger partial charge in [0.2, 0.25) is 0 Å². The van der Waals surface area contributed by atoms with Crippen molar-refractivity contribution in [2.45, 2.75) is 26.5 Å². The predicted octanol–water partition coefficient (Wildman–Crippen LogP) is 4.44. The van der Waals surface area contributed by atoms with E-state index >= 15 is 0 Å². The highest BCUT2D eigenvalue weighted by Gasteiger charge is 2.22. The summed E-state index contributed by atoms with van der Waals surface area (Å²) in [5.41, 5.74) is 1.77. The zero-order chi connectivity index (χ0) is 26.4. The van der Waals surface area contributed by atoms with Crippen LogP contribution >= 0.6 is 35.3 Å². The molecule has 4 rings (SSSR count). The Kier molecular flexibility index (Phi) is 10.5. The van der Waals surface area contributed by atoms with E-state index in [9.17, 15) is 14.4 Å². The molecule has 0 bridgehead atoms. The van der Waals surface area contributed by atoms with Crippen LogP contribution in [-0.2, 0) is 16.3 Å². The summed E-state index contributed by atoms with van der Waals surface area (Å²) in [7, 11) is 1.42. The molecule has 1 aliphatic heterocycles. The molecular formula is C26H28Cl2N4O5S. The maximum atomic E-state index is 13.1. The van der Waals surface area contributed by atoms with Crippen molar-refractivity contribution in [2.24, 2.45) is 10.9 Å². The molecule has 2 amide bonds. The Morgan fingerprint density at radius 3 is 2.63 bits per heavy atom. The van der Waals surface area contributed by atoms with E-state index in [-0.39, 0.29) is 53.3 Å². The lowest BCUT2D eigenvalue weighted by atomic mass is 9.99. The largest absolute Gasteiger partial charge is 0.496 e. The van der Waals surface area contributed by atoms with Crippen molar-refractivity contribution in [1.82, 2.24) is 9.88 Å². The summed E-state index contributed by atoms with van der Waals surface area (Å²) in [4.78, 5) is 42.7. The van der Waals surface area contributed by atoms with Gasteiger partial charge in [-0.3, -0.25) is 19.0 Å². The van der Waals surface area contributed by atoms with E-state index in [0.29, 0.717) is 16.1 Å². The van der Waals surface area contributed by atoms with E-state index in [1.807, 2.05) is 19.1 Å². The second kappa shape index (κ2) is 13.6. The number of anilines is 1. The van der Waals surface area contributed by atoms with Gasteiger partial charge in [-0.2, -0.15) is 4.99 Å². The number of carbonyl (C=O) groups excluding carboxylic acids is 3. The molecule has 0 unspecified atom stereocenters. The molecule has 3 aromatic rings. The minimum atomic E-state index is -0.587. The van der Waals surface area contributed by atoms with Crippen molar-refractivity contribution in [2.75, 3.05) is 25.5 Å². The van der Waals surface area contributed by atoms with Gasteiger partial charge in [-0.15, -0.1) is 23.7 Å². The fourth-order valence-corrected chi connectivity index (χ4v) is 4.87. The SMILES string of the molecule is COc1cc(NC(=O)c2ccccc2C)c(Cl)cc1C(=O)/N=c1\sccn1COC(=O)C1CCNCC1.Cl. The van der Waals surface area contributed by atoms with E-state index < -0.39 is 5.91 Å². The zero-order valence-corrected chi connectivity index (χ0v) is 23.3. The number of nitrogens with zero attached hydrogens (tertiary/aromatic N) is 2. The Morgan fingerprint density at radius 2 is 1.92 bits per heavy atom. The first-order chi connectivity index (χ1) is 17.9. The second-order valence-corrected chi connectivity index (χ2v) is 9.77. The molecule has 2 aromatic carbocycles. The molecule has 1 saturated heterocycles. The molecule has 38 heavy (non-hydrogen) atoms. The van der Waals surface area contributed by atoms with Crippen LogP contribution in [0.25, 0.3) is 0 Å². The lowest BCUT2D eigenvalue weighted by molar-refractivity contribution is -0.153. The average Bonchev–Trinajstić information content (AvgIpc) is 3.35. The van der Waals surface area contributed by atoms with Gasteiger partial charge in [0.05, 0.1) is 29.3 Å². The summed E-state index contributed by atoms with van der Waals surface area (Å²) in [6, 6.07) is 10.1. The number of methoxy groups -OCH3 is 1. The molecule has 0 atom stereocenters. The molecule has 2 heterocycles. The van der Waals surface area contributed by atoms with Crippen LogP contribution in [0.3, 0.4) is 0 Å². The van der Waals surface area contributed by atoms with Crippen molar-refractivity contribution in [3.8, 4) is 5.75 Å². The summed E-state index contributed by atoms with van der Waals surface area (Å²) in [6.45, 7) is 3.38. The Balaban J connectivity index is 0.00000400. The van der Waals surface area contributed by atoms with Crippen LogP contribution in [0.1, 0.15) is 39.1 Å². The van der Waals surface area contributed by atoms with Crippen molar-refractivity contribution in [3.05, 3.63) is 74.5 Å². The van der Waals surface area contributed by atoms with Crippen LogP contribution in [0.5, 0.6) is 5.75 Å². The van der Waals surface area contributed by atoms with Gasteiger partial charge in [-0.25, -0.2) is 0 Å². The third-order valence-corrected chi connectivity index (χ3v) is 7.14. The summed E-state index contributed by atoms with van der Waals surface area (Å²) < 4.78 is 12.5. The summed E-state index contributed by atoms with van der Waals surface area (Å²) in [5, 5.41) is 7.90. The maximum Gasteiger partial charge on any atom is 0.310 e. The van der Waals surface area contributed by atoms with Crippen LogP contribution in [0.15, 0.2) is 53.0 Å². The number of ether oxygens (including phenoxy) is 2. The van der Waals surface area contributed by atoms with E-state index in [2.05, 4.69) is 15.6 Å². The molecule has 12 heteroatoms. The highest BCUT2D eigenvalue weighted by atomic mass is 35.5. The van der Waals surface area contributed by atoms with Crippen LogP contribution in [-0.4, -0.2) is 42.6 Å². The van der Waals surface area contributed by atoms with Crippen molar-refractivity contribution in [3.63, 3.8) is 0 Å². The standard InChI is InChI=1S/C26H27ClN4O5S.ClH/c1-16-5-3-4-6-18(16)23(32)29-21-14-22(35-2)19(13-20(21)27)24(33)30-26-31(11-12-37-26)15-36-25(34)17-7-9-28-10-8-17;/h3-6,11-14,17,28H,7-10,15H2,1-2H3,(H,29,32);1H/b30-26-;. The fourth-order valence-electron chi connectivity index (χ4n) is 3.94. The minimum absolute atomic E-state index is 0. The van der Waals surface area contributed by atoms with Crippen LogP contribution in [0.2, 0.25) is 5.02 Å². The number of rotatable bonds is 7. The lowest BCUT2D eigenvalue weighted by Crippen LogP contribution is -2.33. The first-order valence-corrected chi connectivity index (χ1v) is 13.0. The molecule has 0 aliphatic carbocycles. The number of esters is 1. The van der Waals surface area contributed by atoms with E-state index in [0.717, 1.165) is 31.5 Å². The molecule has 0 radical (unpaired) electrons. The van der Waals surface area contributed by atoms with Crippen molar-refractivity contribution < 1.29 is 23.9 Å². The topological polar surface area (TPSA) is 111 Å². The first-order valence-electron chi connectivity index (χ1n) is 11.7. The van der Waals surface area contributed by atoms with E-state index in [1.54, 1.807) is 28.3 Å². The molecule has 1 fully saturated rings. The smallest absolute Gasteiger partial charge is 0.310 e. The number of nitrogens with one attached hydrogen (secondary N) is 2. The number of hydrogen-bond acceptors (Lipinski definition) is 7. The van der Waals surface area contributed by atoms with Gasteiger partial charge in [0.1, 0.15) is 5.75 Å². The van der Waals surface area contributed by atoms with Crippen molar-refractivity contribution in [1.29, 1.82) is 0 Å². The number of piperidine rings is 1. The number of aromatic nitrogens is 1. The second-order valence-electron chi connectivity index (χ2n) is 8.49. The van der Waals surface area contributed by atoms with Gasteiger partial charge in [0.25, 0.3) is 11.8 Å². The molecule has 9 nitrogen and oxygen atoms in total. The number of benzene rings is 2.